The second-order valence-corrected chi connectivity index (χ2v) is 3.32. The highest BCUT2D eigenvalue weighted by atomic mass is 19.1. The summed E-state index contributed by atoms with van der Waals surface area (Å²) in [5.41, 5.74) is 0.179. The van der Waals surface area contributed by atoms with Crippen molar-refractivity contribution < 1.29 is 19.0 Å². The molecule has 0 saturated carbocycles. The summed E-state index contributed by atoms with van der Waals surface area (Å²) in [7, 11) is 0. The molecular formula is C11H8FN3O3. The molecule has 0 aromatic carbocycles. The van der Waals surface area contributed by atoms with Crippen molar-refractivity contribution in [3.63, 3.8) is 0 Å². The van der Waals surface area contributed by atoms with Gasteiger partial charge in [-0.05, 0) is 18.2 Å². The van der Waals surface area contributed by atoms with E-state index in [1.165, 1.54) is 6.20 Å². The average Bonchev–Trinajstić information content (AvgIpc) is 2.38. The molecule has 7 heteroatoms. The fourth-order valence-electron chi connectivity index (χ4n) is 1.25. The molecule has 0 aliphatic rings. The lowest BCUT2D eigenvalue weighted by atomic mass is 10.2. The number of hydrogen-bond acceptors (Lipinski definition) is 5. The molecule has 6 nitrogen and oxygen atoms in total. The van der Waals surface area contributed by atoms with Gasteiger partial charge in [0.05, 0.1) is 6.20 Å². The van der Waals surface area contributed by atoms with E-state index in [2.05, 4.69) is 15.2 Å². The van der Waals surface area contributed by atoms with Crippen molar-refractivity contribution in [1.29, 1.82) is 0 Å². The number of carboxylic acids is 1. The third-order valence-electron chi connectivity index (χ3n) is 2.03. The van der Waals surface area contributed by atoms with Crippen LogP contribution in [0.15, 0.2) is 30.6 Å². The van der Waals surface area contributed by atoms with Gasteiger partial charge in [0.25, 0.3) is 0 Å². The molecule has 1 N–H and O–H groups in total. The van der Waals surface area contributed by atoms with E-state index in [-0.39, 0.29) is 18.1 Å². The van der Waals surface area contributed by atoms with Crippen molar-refractivity contribution in [2.45, 2.75) is 6.61 Å². The first kappa shape index (κ1) is 11.9. The maximum absolute atomic E-state index is 12.9. The van der Waals surface area contributed by atoms with Crippen molar-refractivity contribution >= 4 is 5.97 Å². The Morgan fingerprint density at radius 2 is 2.33 bits per heavy atom. The van der Waals surface area contributed by atoms with Gasteiger partial charge in [-0.15, -0.1) is 0 Å². The number of aromatic nitrogens is 3. The van der Waals surface area contributed by atoms with E-state index in [1.54, 1.807) is 12.1 Å². The zero-order valence-corrected chi connectivity index (χ0v) is 9.08. The zero-order chi connectivity index (χ0) is 13.0. The van der Waals surface area contributed by atoms with E-state index < -0.39 is 11.8 Å². The first-order valence-electron chi connectivity index (χ1n) is 4.95. The summed E-state index contributed by atoms with van der Waals surface area (Å²) >= 11 is 0. The van der Waals surface area contributed by atoms with Gasteiger partial charge in [-0.1, -0.05) is 0 Å². The SMILES string of the molecule is O=C(O)c1cc(F)cnc1OCc1cccnn1. The molecule has 2 aromatic rings. The number of halogens is 1. The Labute approximate surface area is 101 Å². The third kappa shape index (κ3) is 2.76. The van der Waals surface area contributed by atoms with Gasteiger partial charge >= 0.3 is 5.97 Å². The summed E-state index contributed by atoms with van der Waals surface area (Å²) in [5, 5.41) is 16.3. The lowest BCUT2D eigenvalue weighted by Gasteiger charge is -2.06. The Morgan fingerprint density at radius 3 is 3.00 bits per heavy atom. The Kier molecular flexibility index (Phi) is 3.42. The minimum atomic E-state index is -1.31. The summed E-state index contributed by atoms with van der Waals surface area (Å²) in [5.74, 6) is -2.20. The molecule has 0 amide bonds. The van der Waals surface area contributed by atoms with Crippen LogP contribution in [0.3, 0.4) is 0 Å². The molecule has 2 rings (SSSR count). The quantitative estimate of drug-likeness (QED) is 0.878. The van der Waals surface area contributed by atoms with Crippen LogP contribution >= 0.6 is 0 Å². The van der Waals surface area contributed by atoms with Crippen molar-refractivity contribution in [1.82, 2.24) is 15.2 Å². The van der Waals surface area contributed by atoms with Crippen LogP contribution in [0.1, 0.15) is 16.1 Å². The van der Waals surface area contributed by atoms with Gasteiger partial charge < -0.3 is 9.84 Å². The number of rotatable bonds is 4. The highest BCUT2D eigenvalue weighted by Crippen LogP contribution is 2.17. The van der Waals surface area contributed by atoms with Gasteiger partial charge in [0.2, 0.25) is 5.88 Å². The maximum Gasteiger partial charge on any atom is 0.341 e. The predicted octanol–water partition coefficient (Wildman–Crippen LogP) is 1.29. The molecule has 0 spiro atoms. The number of pyridine rings is 1. The Hall–Kier alpha value is -2.57. The van der Waals surface area contributed by atoms with Gasteiger partial charge in [0, 0.05) is 6.20 Å². The van der Waals surface area contributed by atoms with E-state index >= 15 is 0 Å². The Bertz CT molecular complexity index is 563. The minimum Gasteiger partial charge on any atom is -0.477 e. The molecule has 92 valence electrons. The molecule has 0 atom stereocenters. The van der Waals surface area contributed by atoms with Gasteiger partial charge in [0.15, 0.2) is 0 Å². The van der Waals surface area contributed by atoms with Gasteiger partial charge in [0.1, 0.15) is 23.7 Å². The number of carboxylic acid groups (broad SMARTS) is 1. The fourth-order valence-corrected chi connectivity index (χ4v) is 1.25. The largest absolute Gasteiger partial charge is 0.477 e. The lowest BCUT2D eigenvalue weighted by molar-refractivity contribution is 0.0689. The van der Waals surface area contributed by atoms with Crippen LogP contribution in [0.4, 0.5) is 4.39 Å². The summed E-state index contributed by atoms with van der Waals surface area (Å²) < 4.78 is 18.0. The summed E-state index contributed by atoms with van der Waals surface area (Å²) in [6.45, 7) is 0.00670. The van der Waals surface area contributed by atoms with Crippen LogP contribution < -0.4 is 4.74 Å². The summed E-state index contributed by atoms with van der Waals surface area (Å²) in [4.78, 5) is 14.5. The van der Waals surface area contributed by atoms with Crippen LogP contribution in [-0.2, 0) is 6.61 Å². The molecule has 0 unspecified atom stereocenters. The van der Waals surface area contributed by atoms with Crippen LogP contribution in [0.2, 0.25) is 0 Å². The molecule has 2 heterocycles. The molecule has 0 saturated heterocycles. The predicted molar refractivity (Wildman–Crippen MR) is 57.5 cm³/mol. The number of ether oxygens (including phenoxy) is 1. The number of hydrogen-bond donors (Lipinski definition) is 1. The van der Waals surface area contributed by atoms with Crippen LogP contribution in [-0.4, -0.2) is 26.3 Å². The molecule has 2 aromatic heterocycles. The van der Waals surface area contributed by atoms with E-state index in [9.17, 15) is 9.18 Å². The maximum atomic E-state index is 12.9. The number of aromatic carboxylic acids is 1. The van der Waals surface area contributed by atoms with Crippen LogP contribution in [0.5, 0.6) is 5.88 Å². The van der Waals surface area contributed by atoms with E-state index in [1.807, 2.05) is 0 Å². The highest BCUT2D eigenvalue weighted by Gasteiger charge is 2.14. The van der Waals surface area contributed by atoms with Crippen LogP contribution in [0.25, 0.3) is 0 Å². The standard InChI is InChI=1S/C11H8FN3O3/c12-7-4-9(11(16)17)10(13-5-7)18-6-8-2-1-3-14-15-8/h1-5H,6H2,(H,16,17). The minimum absolute atomic E-state index is 0.00670. The first-order valence-corrected chi connectivity index (χ1v) is 4.95. The van der Waals surface area contributed by atoms with Crippen molar-refractivity contribution in [2.24, 2.45) is 0 Å². The monoisotopic (exact) mass is 249 g/mol. The van der Waals surface area contributed by atoms with Crippen LogP contribution in [0, 0.1) is 5.82 Å². The molecule has 0 aliphatic heterocycles. The van der Waals surface area contributed by atoms with Crippen molar-refractivity contribution in [2.75, 3.05) is 0 Å². The topological polar surface area (TPSA) is 85.2 Å². The van der Waals surface area contributed by atoms with Gasteiger partial charge in [-0.25, -0.2) is 14.2 Å². The molecule has 0 fully saturated rings. The lowest BCUT2D eigenvalue weighted by Crippen LogP contribution is -2.07. The van der Waals surface area contributed by atoms with Gasteiger partial charge in [-0.3, -0.25) is 0 Å². The second kappa shape index (κ2) is 5.17. The third-order valence-corrected chi connectivity index (χ3v) is 2.03. The second-order valence-electron chi connectivity index (χ2n) is 3.32. The zero-order valence-electron chi connectivity index (χ0n) is 9.08. The van der Waals surface area contributed by atoms with Gasteiger partial charge in [-0.2, -0.15) is 10.2 Å². The molecule has 0 bridgehead atoms. The van der Waals surface area contributed by atoms with Crippen molar-refractivity contribution in [3.05, 3.63) is 47.7 Å². The molecular weight excluding hydrogens is 241 g/mol. The number of carbonyl (C=O) groups is 1. The highest BCUT2D eigenvalue weighted by molar-refractivity contribution is 5.90. The normalized spacial score (nSPS) is 10.1. The summed E-state index contributed by atoms with van der Waals surface area (Å²) in [6, 6.07) is 4.18. The molecule has 0 aliphatic carbocycles. The Balaban J connectivity index is 2.17. The smallest absolute Gasteiger partial charge is 0.341 e. The first-order chi connectivity index (χ1) is 8.66. The number of nitrogens with zero attached hydrogens (tertiary/aromatic N) is 3. The van der Waals surface area contributed by atoms with E-state index in [0.717, 1.165) is 12.3 Å². The molecule has 0 radical (unpaired) electrons. The average molecular weight is 249 g/mol. The van der Waals surface area contributed by atoms with E-state index in [4.69, 9.17) is 9.84 Å². The van der Waals surface area contributed by atoms with Crippen molar-refractivity contribution in [3.8, 4) is 5.88 Å². The Morgan fingerprint density at radius 1 is 1.50 bits per heavy atom. The summed E-state index contributed by atoms with van der Waals surface area (Å²) in [6.07, 6.45) is 2.39. The fraction of sp³-hybridized carbons (Fsp3) is 0.0909. The van der Waals surface area contributed by atoms with E-state index in [0.29, 0.717) is 5.69 Å². The molecule has 18 heavy (non-hydrogen) atoms.